The van der Waals surface area contributed by atoms with Crippen LogP contribution in [0, 0.1) is 23.2 Å². The normalized spacial score (nSPS) is 30.1. The zero-order chi connectivity index (χ0) is 13.2. The van der Waals surface area contributed by atoms with Crippen LogP contribution in [-0.4, -0.2) is 12.5 Å². The molecule has 2 unspecified atom stereocenters. The first-order chi connectivity index (χ1) is 8.52. The molecule has 2 atom stereocenters. The number of unbranched alkanes of at least 4 members (excludes halogenated alkanes) is 2. The van der Waals surface area contributed by atoms with E-state index in [0.29, 0.717) is 11.8 Å². The number of carbonyl (C=O) groups excluding carboxylic acids is 1. The Labute approximate surface area is 112 Å². The molecule has 0 saturated heterocycles. The molecule has 0 radical (unpaired) electrons. The topological polar surface area (TPSA) is 29.1 Å². The van der Waals surface area contributed by atoms with Crippen LogP contribution in [0.25, 0.3) is 0 Å². The number of rotatable bonds is 7. The third-order valence-electron chi connectivity index (χ3n) is 4.81. The van der Waals surface area contributed by atoms with Crippen molar-refractivity contribution in [1.29, 1.82) is 0 Å². The average molecular weight is 251 g/mol. The van der Waals surface area contributed by atoms with E-state index in [1.54, 1.807) is 0 Å². The average Bonchev–Trinajstić information content (AvgIpc) is 2.93. The summed E-state index contributed by atoms with van der Waals surface area (Å²) in [5.41, 5.74) is 0.256. The van der Waals surface area contributed by atoms with Gasteiger partial charge in [-0.1, -0.05) is 40.0 Å². The second kappa shape index (κ2) is 5.63. The van der Waals surface area contributed by atoms with Crippen LogP contribution < -0.4 is 5.32 Å². The van der Waals surface area contributed by atoms with E-state index in [9.17, 15) is 4.79 Å². The molecule has 2 nitrogen and oxygen atoms in total. The minimum absolute atomic E-state index is 0.256. The monoisotopic (exact) mass is 251 g/mol. The summed E-state index contributed by atoms with van der Waals surface area (Å²) in [4.78, 5) is 12.1. The quantitative estimate of drug-likeness (QED) is 0.686. The summed E-state index contributed by atoms with van der Waals surface area (Å²) in [6.45, 7) is 7.63. The molecule has 2 rings (SSSR count). The number of nitrogens with one attached hydrogen (secondary N) is 1. The maximum Gasteiger partial charge on any atom is 0.223 e. The fourth-order valence-electron chi connectivity index (χ4n) is 3.34. The summed E-state index contributed by atoms with van der Waals surface area (Å²) >= 11 is 0. The van der Waals surface area contributed by atoms with Crippen LogP contribution >= 0.6 is 0 Å². The highest BCUT2D eigenvalue weighted by Gasteiger charge is 2.47. The standard InChI is InChI=1S/C16H29NO/c1-4-5-6-7-16(2,3)11-17-15(18)14-9-12-8-13(12)10-14/h12-14H,4-11H2,1-3H3,(H,17,18). The molecule has 2 fully saturated rings. The van der Waals surface area contributed by atoms with Gasteiger partial charge in [0.05, 0.1) is 0 Å². The molecular formula is C16H29NO. The first-order valence-electron chi connectivity index (χ1n) is 7.79. The second-order valence-corrected chi connectivity index (χ2v) is 7.26. The SMILES string of the molecule is CCCCCC(C)(C)CNC(=O)C1CC2CC2C1. The first-order valence-corrected chi connectivity index (χ1v) is 7.79. The summed E-state index contributed by atoms with van der Waals surface area (Å²) in [7, 11) is 0. The van der Waals surface area contributed by atoms with E-state index in [1.165, 1.54) is 32.1 Å². The fraction of sp³-hybridized carbons (Fsp3) is 0.938. The first kappa shape index (κ1) is 13.9. The van der Waals surface area contributed by atoms with Crippen molar-refractivity contribution >= 4 is 5.91 Å². The fourth-order valence-corrected chi connectivity index (χ4v) is 3.34. The van der Waals surface area contributed by atoms with Crippen LogP contribution in [0.2, 0.25) is 0 Å². The van der Waals surface area contributed by atoms with Gasteiger partial charge in [0.1, 0.15) is 0 Å². The van der Waals surface area contributed by atoms with Gasteiger partial charge in [0, 0.05) is 12.5 Å². The van der Waals surface area contributed by atoms with Gasteiger partial charge in [-0.2, -0.15) is 0 Å². The van der Waals surface area contributed by atoms with Gasteiger partial charge in [-0.3, -0.25) is 4.79 Å². The molecule has 0 aliphatic heterocycles. The minimum atomic E-state index is 0.256. The Morgan fingerprint density at radius 2 is 1.83 bits per heavy atom. The smallest absolute Gasteiger partial charge is 0.223 e. The van der Waals surface area contributed by atoms with Crippen molar-refractivity contribution < 1.29 is 4.79 Å². The zero-order valence-electron chi connectivity index (χ0n) is 12.3. The summed E-state index contributed by atoms with van der Waals surface area (Å²) in [5, 5.41) is 3.19. The minimum Gasteiger partial charge on any atom is -0.355 e. The van der Waals surface area contributed by atoms with E-state index in [1.807, 2.05) is 0 Å². The molecule has 0 aromatic rings. The molecule has 18 heavy (non-hydrogen) atoms. The van der Waals surface area contributed by atoms with E-state index in [2.05, 4.69) is 26.1 Å². The lowest BCUT2D eigenvalue weighted by molar-refractivity contribution is -0.125. The number of fused-ring (bicyclic) bond motifs is 1. The predicted molar refractivity (Wildman–Crippen MR) is 75.3 cm³/mol. The summed E-state index contributed by atoms with van der Waals surface area (Å²) in [5.74, 6) is 2.46. The van der Waals surface area contributed by atoms with E-state index < -0.39 is 0 Å². The number of amides is 1. The number of hydrogen-bond acceptors (Lipinski definition) is 1. The molecule has 1 amide bonds. The molecule has 1 N–H and O–H groups in total. The van der Waals surface area contributed by atoms with Crippen molar-refractivity contribution in [3.05, 3.63) is 0 Å². The Balaban J connectivity index is 1.64. The molecule has 2 saturated carbocycles. The Morgan fingerprint density at radius 1 is 1.17 bits per heavy atom. The molecule has 2 heteroatoms. The van der Waals surface area contributed by atoms with Gasteiger partial charge in [-0.05, 0) is 42.9 Å². The highest BCUT2D eigenvalue weighted by molar-refractivity contribution is 5.79. The van der Waals surface area contributed by atoms with Crippen LogP contribution in [0.1, 0.15) is 65.7 Å². The van der Waals surface area contributed by atoms with Gasteiger partial charge >= 0.3 is 0 Å². The van der Waals surface area contributed by atoms with Crippen molar-refractivity contribution in [3.8, 4) is 0 Å². The van der Waals surface area contributed by atoms with Crippen molar-refractivity contribution in [2.24, 2.45) is 23.2 Å². The lowest BCUT2D eigenvalue weighted by atomic mass is 9.86. The van der Waals surface area contributed by atoms with Crippen LogP contribution in [0.5, 0.6) is 0 Å². The molecule has 0 bridgehead atoms. The van der Waals surface area contributed by atoms with E-state index in [-0.39, 0.29) is 5.41 Å². The molecule has 104 valence electrons. The predicted octanol–water partition coefficient (Wildman–Crippen LogP) is 3.76. The Hall–Kier alpha value is -0.530. The molecule has 2 aliphatic carbocycles. The number of hydrogen-bond donors (Lipinski definition) is 1. The zero-order valence-corrected chi connectivity index (χ0v) is 12.3. The molecule has 0 aromatic heterocycles. The second-order valence-electron chi connectivity index (χ2n) is 7.26. The summed E-state index contributed by atoms with van der Waals surface area (Å²) in [6.07, 6.45) is 8.80. The third kappa shape index (κ3) is 3.73. The van der Waals surface area contributed by atoms with Gasteiger partial charge in [-0.25, -0.2) is 0 Å². The van der Waals surface area contributed by atoms with Crippen molar-refractivity contribution in [2.75, 3.05) is 6.54 Å². The van der Waals surface area contributed by atoms with Gasteiger partial charge in [0.15, 0.2) is 0 Å². The largest absolute Gasteiger partial charge is 0.355 e. The molecule has 0 heterocycles. The van der Waals surface area contributed by atoms with Gasteiger partial charge in [0.25, 0.3) is 0 Å². The van der Waals surface area contributed by atoms with Crippen LogP contribution in [0.15, 0.2) is 0 Å². The van der Waals surface area contributed by atoms with Crippen molar-refractivity contribution in [1.82, 2.24) is 5.32 Å². The Bertz CT molecular complexity index is 287. The highest BCUT2D eigenvalue weighted by atomic mass is 16.1. The van der Waals surface area contributed by atoms with Gasteiger partial charge in [0.2, 0.25) is 5.91 Å². The Morgan fingerprint density at radius 3 is 2.44 bits per heavy atom. The van der Waals surface area contributed by atoms with Gasteiger partial charge in [-0.15, -0.1) is 0 Å². The van der Waals surface area contributed by atoms with Crippen molar-refractivity contribution in [3.63, 3.8) is 0 Å². The summed E-state index contributed by atoms with van der Waals surface area (Å²) < 4.78 is 0. The van der Waals surface area contributed by atoms with E-state index in [0.717, 1.165) is 31.2 Å². The lowest BCUT2D eigenvalue weighted by Gasteiger charge is -2.26. The molecular weight excluding hydrogens is 222 g/mol. The lowest BCUT2D eigenvalue weighted by Crippen LogP contribution is -2.37. The Kier molecular flexibility index (Phi) is 4.34. The maximum absolute atomic E-state index is 12.1. The van der Waals surface area contributed by atoms with Crippen LogP contribution in [-0.2, 0) is 4.79 Å². The van der Waals surface area contributed by atoms with Gasteiger partial charge < -0.3 is 5.32 Å². The summed E-state index contributed by atoms with van der Waals surface area (Å²) in [6, 6.07) is 0. The molecule has 0 spiro atoms. The maximum atomic E-state index is 12.1. The van der Waals surface area contributed by atoms with Crippen molar-refractivity contribution in [2.45, 2.75) is 65.7 Å². The van der Waals surface area contributed by atoms with Crippen LogP contribution in [0.3, 0.4) is 0 Å². The van der Waals surface area contributed by atoms with E-state index >= 15 is 0 Å². The number of carbonyl (C=O) groups is 1. The highest BCUT2D eigenvalue weighted by Crippen LogP contribution is 2.54. The molecule has 0 aromatic carbocycles. The third-order valence-corrected chi connectivity index (χ3v) is 4.81. The molecule has 2 aliphatic rings. The van der Waals surface area contributed by atoms with Crippen LogP contribution in [0.4, 0.5) is 0 Å². The van der Waals surface area contributed by atoms with E-state index in [4.69, 9.17) is 0 Å².